The van der Waals surface area contributed by atoms with Gasteiger partial charge in [-0.1, -0.05) is 0 Å². The van der Waals surface area contributed by atoms with Gasteiger partial charge in [0.25, 0.3) is 0 Å². The number of carbonyl (C=O) groups excluding carboxylic acids is 1. The van der Waals surface area contributed by atoms with Crippen molar-refractivity contribution in [2.45, 2.75) is 39.5 Å². The third-order valence-electron chi connectivity index (χ3n) is 2.59. The molecule has 5 heteroatoms. The highest BCUT2D eigenvalue weighted by atomic mass is 16.5. The Labute approximate surface area is 101 Å². The number of hydrogen-bond acceptors (Lipinski definition) is 5. The molecule has 0 amide bonds. The number of methoxy groups -OCH3 is 1. The van der Waals surface area contributed by atoms with E-state index in [1.807, 2.05) is 19.9 Å². The van der Waals surface area contributed by atoms with Gasteiger partial charge in [0, 0.05) is 12.1 Å². The lowest BCUT2D eigenvalue weighted by Gasteiger charge is -2.18. The van der Waals surface area contributed by atoms with Crippen molar-refractivity contribution in [3.8, 4) is 0 Å². The molecule has 2 unspecified atom stereocenters. The maximum absolute atomic E-state index is 11.4. The molecule has 0 saturated carbocycles. The second kappa shape index (κ2) is 5.84. The van der Waals surface area contributed by atoms with Gasteiger partial charge in [0.05, 0.1) is 13.2 Å². The SMILES string of the molecule is COC(=O)C(NCc1cc(C)oc1C)C(C)O. The molecule has 0 aliphatic carbocycles. The van der Waals surface area contributed by atoms with Gasteiger partial charge < -0.3 is 14.3 Å². The van der Waals surface area contributed by atoms with Crippen molar-refractivity contribution in [2.24, 2.45) is 0 Å². The van der Waals surface area contributed by atoms with Crippen LogP contribution in [0.5, 0.6) is 0 Å². The van der Waals surface area contributed by atoms with Crippen LogP contribution in [-0.2, 0) is 16.1 Å². The lowest BCUT2D eigenvalue weighted by molar-refractivity contribution is -0.145. The molecule has 0 aliphatic rings. The van der Waals surface area contributed by atoms with Crippen molar-refractivity contribution >= 4 is 5.97 Å². The lowest BCUT2D eigenvalue weighted by atomic mass is 10.1. The normalized spacial score (nSPS) is 14.4. The van der Waals surface area contributed by atoms with E-state index >= 15 is 0 Å². The summed E-state index contributed by atoms with van der Waals surface area (Å²) in [4.78, 5) is 11.4. The summed E-state index contributed by atoms with van der Waals surface area (Å²) >= 11 is 0. The predicted molar refractivity (Wildman–Crippen MR) is 62.5 cm³/mol. The average molecular weight is 241 g/mol. The molecule has 0 saturated heterocycles. The summed E-state index contributed by atoms with van der Waals surface area (Å²) in [6.45, 7) is 5.72. The molecule has 0 bridgehead atoms. The number of aryl methyl sites for hydroxylation is 2. The minimum Gasteiger partial charge on any atom is -0.468 e. The smallest absolute Gasteiger partial charge is 0.325 e. The summed E-state index contributed by atoms with van der Waals surface area (Å²) in [5.74, 6) is 1.16. The fourth-order valence-electron chi connectivity index (χ4n) is 1.66. The van der Waals surface area contributed by atoms with E-state index in [4.69, 9.17) is 4.42 Å². The molecule has 2 N–H and O–H groups in total. The summed E-state index contributed by atoms with van der Waals surface area (Å²) in [6.07, 6.45) is -0.809. The number of esters is 1. The lowest BCUT2D eigenvalue weighted by Crippen LogP contribution is -2.45. The molecule has 1 aromatic rings. The Kier molecular flexibility index (Phi) is 4.72. The van der Waals surface area contributed by atoms with Gasteiger partial charge in [-0.05, 0) is 26.8 Å². The summed E-state index contributed by atoms with van der Waals surface area (Å²) in [7, 11) is 1.30. The fourth-order valence-corrected chi connectivity index (χ4v) is 1.66. The van der Waals surface area contributed by atoms with Gasteiger partial charge in [0.1, 0.15) is 17.6 Å². The van der Waals surface area contributed by atoms with E-state index < -0.39 is 18.1 Å². The highest BCUT2D eigenvalue weighted by Gasteiger charge is 2.24. The van der Waals surface area contributed by atoms with Crippen LogP contribution in [0.25, 0.3) is 0 Å². The molecule has 5 nitrogen and oxygen atoms in total. The number of ether oxygens (including phenoxy) is 1. The van der Waals surface area contributed by atoms with Crippen LogP contribution in [-0.4, -0.2) is 30.3 Å². The average Bonchev–Trinajstić information content (AvgIpc) is 2.57. The van der Waals surface area contributed by atoms with Crippen LogP contribution < -0.4 is 5.32 Å². The first-order valence-electron chi connectivity index (χ1n) is 5.51. The monoisotopic (exact) mass is 241 g/mol. The Morgan fingerprint density at radius 2 is 2.24 bits per heavy atom. The number of aliphatic hydroxyl groups excluding tert-OH is 1. The summed E-state index contributed by atoms with van der Waals surface area (Å²) in [6, 6.07) is 1.17. The molecule has 0 fully saturated rings. The van der Waals surface area contributed by atoms with Crippen LogP contribution >= 0.6 is 0 Å². The Morgan fingerprint density at radius 1 is 1.59 bits per heavy atom. The first kappa shape index (κ1) is 13.7. The molecule has 0 spiro atoms. The van der Waals surface area contributed by atoms with Crippen LogP contribution in [0.3, 0.4) is 0 Å². The standard InChI is InChI=1S/C12H19NO4/c1-7-5-10(9(3)17-7)6-13-11(8(2)14)12(15)16-4/h5,8,11,13-14H,6H2,1-4H3. The van der Waals surface area contributed by atoms with Gasteiger partial charge in [-0.15, -0.1) is 0 Å². The number of aliphatic hydroxyl groups is 1. The highest BCUT2D eigenvalue weighted by Crippen LogP contribution is 2.13. The minimum atomic E-state index is -0.809. The number of carbonyl (C=O) groups is 1. The molecule has 0 aliphatic heterocycles. The van der Waals surface area contributed by atoms with Crippen molar-refractivity contribution in [2.75, 3.05) is 7.11 Å². The van der Waals surface area contributed by atoms with Crippen molar-refractivity contribution in [3.05, 3.63) is 23.2 Å². The summed E-state index contributed by atoms with van der Waals surface area (Å²) < 4.78 is 9.99. The van der Waals surface area contributed by atoms with Gasteiger partial charge >= 0.3 is 5.97 Å². The van der Waals surface area contributed by atoms with Gasteiger partial charge in [-0.3, -0.25) is 10.1 Å². The molecule has 0 radical (unpaired) electrons. The summed E-state index contributed by atoms with van der Waals surface area (Å²) in [5.41, 5.74) is 0.969. The second-order valence-corrected chi connectivity index (χ2v) is 4.06. The zero-order chi connectivity index (χ0) is 13.0. The van der Waals surface area contributed by atoms with E-state index in [1.165, 1.54) is 7.11 Å². The molecule has 1 rings (SSSR count). The molecular formula is C12H19NO4. The molecule has 2 atom stereocenters. The van der Waals surface area contributed by atoms with E-state index in [0.717, 1.165) is 17.1 Å². The Morgan fingerprint density at radius 3 is 2.65 bits per heavy atom. The van der Waals surface area contributed by atoms with Gasteiger partial charge in [-0.25, -0.2) is 0 Å². The molecule has 17 heavy (non-hydrogen) atoms. The topological polar surface area (TPSA) is 71.7 Å². The zero-order valence-corrected chi connectivity index (χ0v) is 10.6. The molecule has 1 heterocycles. The molecule has 1 aromatic heterocycles. The van der Waals surface area contributed by atoms with Crippen LogP contribution in [0.2, 0.25) is 0 Å². The number of nitrogens with one attached hydrogen (secondary N) is 1. The van der Waals surface area contributed by atoms with E-state index in [1.54, 1.807) is 6.92 Å². The third-order valence-corrected chi connectivity index (χ3v) is 2.59. The Bertz CT molecular complexity index is 384. The molecule has 0 aromatic carbocycles. The van der Waals surface area contributed by atoms with E-state index in [2.05, 4.69) is 10.1 Å². The second-order valence-electron chi connectivity index (χ2n) is 4.06. The quantitative estimate of drug-likeness (QED) is 0.750. The van der Waals surface area contributed by atoms with Crippen molar-refractivity contribution in [3.63, 3.8) is 0 Å². The predicted octanol–water partition coefficient (Wildman–Crippen LogP) is 0.908. The largest absolute Gasteiger partial charge is 0.468 e. The van der Waals surface area contributed by atoms with Crippen LogP contribution in [0.1, 0.15) is 24.0 Å². The molecular weight excluding hydrogens is 222 g/mol. The maximum atomic E-state index is 11.4. The minimum absolute atomic E-state index is 0.452. The highest BCUT2D eigenvalue weighted by molar-refractivity contribution is 5.76. The van der Waals surface area contributed by atoms with E-state index in [-0.39, 0.29) is 0 Å². The Balaban J connectivity index is 2.64. The summed E-state index contributed by atoms with van der Waals surface area (Å²) in [5, 5.41) is 12.4. The first-order chi connectivity index (χ1) is 7.95. The van der Waals surface area contributed by atoms with Crippen LogP contribution in [0.4, 0.5) is 0 Å². The van der Waals surface area contributed by atoms with Gasteiger partial charge in [0.15, 0.2) is 0 Å². The number of hydrogen-bond donors (Lipinski definition) is 2. The van der Waals surface area contributed by atoms with E-state index in [9.17, 15) is 9.90 Å². The van der Waals surface area contributed by atoms with Gasteiger partial charge in [-0.2, -0.15) is 0 Å². The van der Waals surface area contributed by atoms with Crippen LogP contribution in [0.15, 0.2) is 10.5 Å². The van der Waals surface area contributed by atoms with Crippen molar-refractivity contribution < 1.29 is 19.1 Å². The maximum Gasteiger partial charge on any atom is 0.325 e. The molecule has 96 valence electrons. The zero-order valence-electron chi connectivity index (χ0n) is 10.6. The fraction of sp³-hybridized carbons (Fsp3) is 0.583. The third kappa shape index (κ3) is 3.57. The first-order valence-corrected chi connectivity index (χ1v) is 5.51. The van der Waals surface area contributed by atoms with Crippen molar-refractivity contribution in [1.29, 1.82) is 0 Å². The van der Waals surface area contributed by atoms with E-state index in [0.29, 0.717) is 6.54 Å². The van der Waals surface area contributed by atoms with Crippen LogP contribution in [0, 0.1) is 13.8 Å². The number of rotatable bonds is 5. The number of furan rings is 1. The Hall–Kier alpha value is -1.33. The van der Waals surface area contributed by atoms with Crippen molar-refractivity contribution in [1.82, 2.24) is 5.32 Å². The van der Waals surface area contributed by atoms with Gasteiger partial charge in [0.2, 0.25) is 0 Å².